The van der Waals surface area contributed by atoms with Crippen molar-refractivity contribution in [2.75, 3.05) is 13.7 Å². The SMILES string of the molecule is C=I[C@@]12CC[C@H]3C(=C)C4C(=O)[C@@]1([C@H]43)[C@]1(OC(C)(C)O)OC[C@]23C=CCC(C)(C)[C@@]3(I=C)[C@@H]1OC. The maximum absolute atomic E-state index is 14.5. The summed E-state index contributed by atoms with van der Waals surface area (Å²) < 4.78 is 28.8. The maximum atomic E-state index is 14.5. The molecule has 0 aromatic carbocycles. The van der Waals surface area contributed by atoms with E-state index in [1.54, 1.807) is 21.0 Å². The van der Waals surface area contributed by atoms with Gasteiger partial charge in [0, 0.05) is 21.9 Å². The molecule has 5 nitrogen and oxygen atoms in total. The number of methoxy groups -OCH3 is 1. The second-order valence-electron chi connectivity index (χ2n) is 12.3. The Bertz CT molecular complexity index is 1080. The van der Waals surface area contributed by atoms with Gasteiger partial charge in [-0.2, -0.15) is 0 Å². The van der Waals surface area contributed by atoms with E-state index in [0.717, 1.165) is 24.8 Å². The zero-order chi connectivity index (χ0) is 24.7. The van der Waals surface area contributed by atoms with Gasteiger partial charge in [0.15, 0.2) is 11.6 Å². The largest absolute Gasteiger partial charge is 0.374 e. The van der Waals surface area contributed by atoms with Crippen LogP contribution in [0.3, 0.4) is 0 Å². The summed E-state index contributed by atoms with van der Waals surface area (Å²) >= 11 is -1.32. The van der Waals surface area contributed by atoms with Crippen LogP contribution in [-0.4, -0.2) is 58.2 Å². The van der Waals surface area contributed by atoms with Gasteiger partial charge in [0.05, 0.1) is 10.0 Å². The number of hydrogen-bond acceptors (Lipinski definition) is 5. The van der Waals surface area contributed by atoms with Crippen LogP contribution in [0.1, 0.15) is 47.0 Å². The number of allylic oxidation sites excluding steroid dienone is 2. The molecule has 0 amide bonds. The molecule has 2 heterocycles. The van der Waals surface area contributed by atoms with Crippen molar-refractivity contribution in [1.82, 2.24) is 0 Å². The monoisotopic (exact) mass is 694 g/mol. The smallest absolute Gasteiger partial charge is 0.213 e. The number of Topliss-reactive ketones (excluding diaryl/α,β-unsaturated/α-hetero) is 1. The van der Waals surface area contributed by atoms with Crippen LogP contribution in [0.2, 0.25) is 0 Å². The molecule has 2 aliphatic heterocycles. The predicted octanol–water partition coefficient (Wildman–Crippen LogP) is 4.52. The Labute approximate surface area is 222 Å². The highest BCUT2D eigenvalue weighted by molar-refractivity contribution is 14.2. The first-order valence-corrected chi connectivity index (χ1v) is 17.3. The fraction of sp³-hybridized carbons (Fsp3) is 0.741. The molecule has 2 spiro atoms. The van der Waals surface area contributed by atoms with E-state index in [0.29, 0.717) is 12.5 Å². The number of carbonyl (C=O) groups excluding carboxylic acids is 1. The number of ketones is 1. The van der Waals surface area contributed by atoms with Crippen molar-refractivity contribution in [2.45, 2.75) is 71.5 Å². The van der Waals surface area contributed by atoms with E-state index in [4.69, 9.17) is 14.2 Å². The van der Waals surface area contributed by atoms with Gasteiger partial charge in [-0.3, -0.25) is 4.79 Å². The molecule has 0 aromatic rings. The lowest BCUT2D eigenvalue weighted by molar-refractivity contribution is -0.479. The average Bonchev–Trinajstić information content (AvgIpc) is 2.75. The zero-order valence-corrected chi connectivity index (χ0v) is 25.1. The van der Waals surface area contributed by atoms with Gasteiger partial charge in [-0.25, -0.2) is 0 Å². The molecule has 2 bridgehead atoms. The summed E-state index contributed by atoms with van der Waals surface area (Å²) in [5.74, 6) is -2.36. The van der Waals surface area contributed by atoms with Crippen LogP contribution in [0, 0.1) is 34.0 Å². The van der Waals surface area contributed by atoms with Gasteiger partial charge in [-0.05, 0) is 50.4 Å². The predicted molar refractivity (Wildman–Crippen MR) is 151 cm³/mol. The van der Waals surface area contributed by atoms with E-state index >= 15 is 0 Å². The first kappa shape index (κ1) is 24.5. The Kier molecular flexibility index (Phi) is 4.89. The second kappa shape index (κ2) is 6.79. The average molecular weight is 694 g/mol. The molecule has 34 heavy (non-hydrogen) atoms. The number of carbonyl (C=O) groups is 1. The molecule has 2 saturated heterocycles. The molecule has 7 aliphatic rings. The van der Waals surface area contributed by atoms with E-state index in [-0.39, 0.29) is 35.3 Å². The maximum Gasteiger partial charge on any atom is 0.213 e. The summed E-state index contributed by atoms with van der Waals surface area (Å²) in [4.78, 5) is 14.5. The Morgan fingerprint density at radius 1 is 1.26 bits per heavy atom. The highest BCUT2D eigenvalue weighted by Gasteiger charge is 2.98. The van der Waals surface area contributed by atoms with Gasteiger partial charge in [0.1, 0.15) is 11.5 Å². The van der Waals surface area contributed by atoms with Crippen molar-refractivity contribution in [2.24, 2.45) is 34.0 Å². The fourth-order valence-electron chi connectivity index (χ4n) is 9.73. The molecule has 5 aliphatic carbocycles. The van der Waals surface area contributed by atoms with E-state index in [9.17, 15) is 9.90 Å². The third-order valence-corrected chi connectivity index (χ3v) is 18.3. The highest BCUT2D eigenvalue weighted by Crippen LogP contribution is 2.89. The summed E-state index contributed by atoms with van der Waals surface area (Å²) in [6.45, 7) is 12.7. The van der Waals surface area contributed by atoms with Crippen molar-refractivity contribution in [3.63, 3.8) is 0 Å². The molecule has 6 fully saturated rings. The Hall–Kier alpha value is 0.190. The zero-order valence-electron chi connectivity index (χ0n) is 20.7. The lowest BCUT2D eigenvalue weighted by Crippen LogP contribution is -2.98. The van der Waals surface area contributed by atoms with Crippen LogP contribution in [0.5, 0.6) is 0 Å². The Balaban J connectivity index is 1.77. The van der Waals surface area contributed by atoms with Gasteiger partial charge in [0.25, 0.3) is 0 Å². The van der Waals surface area contributed by atoms with E-state index in [1.807, 2.05) is 0 Å². The molecule has 7 rings (SSSR count). The minimum Gasteiger partial charge on any atom is -0.374 e. The van der Waals surface area contributed by atoms with Crippen molar-refractivity contribution in [3.05, 3.63) is 24.3 Å². The number of aliphatic hydroxyl groups is 1. The minimum absolute atomic E-state index is 0.121. The van der Waals surface area contributed by atoms with Crippen LogP contribution >= 0.6 is 41.5 Å². The van der Waals surface area contributed by atoms with Gasteiger partial charge in [-0.1, -0.05) is 47.2 Å². The molecular formula is C27H36I2O5. The third kappa shape index (κ3) is 2.03. The Morgan fingerprint density at radius 2 is 1.97 bits per heavy atom. The molecule has 7 heteroatoms. The minimum atomic E-state index is -1.50. The molecule has 4 saturated carbocycles. The van der Waals surface area contributed by atoms with Crippen molar-refractivity contribution in [1.29, 1.82) is 0 Å². The molecular weight excluding hydrogens is 658 g/mol. The van der Waals surface area contributed by atoms with E-state index in [2.05, 4.69) is 41.6 Å². The quantitative estimate of drug-likeness (QED) is 0.199. The summed E-state index contributed by atoms with van der Waals surface area (Å²) in [5.41, 5.74) is -0.296. The lowest BCUT2D eigenvalue weighted by atomic mass is 9.23. The number of fused-ring (bicyclic) bond motifs is 1. The number of ether oxygens (including phenoxy) is 3. The van der Waals surface area contributed by atoms with Gasteiger partial charge < -0.3 is 19.3 Å². The summed E-state index contributed by atoms with van der Waals surface area (Å²) in [5, 5.41) is 11.2. The molecule has 1 unspecified atom stereocenters. The molecule has 0 radical (unpaired) electrons. The summed E-state index contributed by atoms with van der Waals surface area (Å²) in [6.07, 6.45) is 7.10. The molecule has 0 aromatic heterocycles. The van der Waals surface area contributed by atoms with E-state index in [1.165, 1.54) is 0 Å². The van der Waals surface area contributed by atoms with Crippen molar-refractivity contribution < 1.29 is 24.1 Å². The Morgan fingerprint density at radius 3 is 2.56 bits per heavy atom. The van der Waals surface area contributed by atoms with Gasteiger partial charge in [-0.15, -0.1) is 41.5 Å². The molecule has 9 atom stereocenters. The topological polar surface area (TPSA) is 65.0 Å². The number of halogens is 2. The summed E-state index contributed by atoms with van der Waals surface area (Å²) in [7, 11) is 1.73. The van der Waals surface area contributed by atoms with Crippen LogP contribution in [0.25, 0.3) is 0 Å². The number of hydrogen-bond donors (Lipinski definition) is 1. The van der Waals surface area contributed by atoms with Gasteiger partial charge in [0.2, 0.25) is 5.79 Å². The van der Waals surface area contributed by atoms with E-state index < -0.39 is 64.6 Å². The summed E-state index contributed by atoms with van der Waals surface area (Å²) in [6, 6.07) is 0. The van der Waals surface area contributed by atoms with Crippen LogP contribution in [-0.2, 0) is 19.0 Å². The van der Waals surface area contributed by atoms with Gasteiger partial charge >= 0.3 is 0 Å². The number of alkyl halides is 2. The van der Waals surface area contributed by atoms with Crippen molar-refractivity contribution in [3.8, 4) is 0 Å². The van der Waals surface area contributed by atoms with Crippen molar-refractivity contribution >= 4 is 56.3 Å². The first-order chi connectivity index (χ1) is 15.8. The normalized spacial score (nSPS) is 53.9. The highest BCUT2D eigenvalue weighted by atomic mass is 127. The van der Waals surface area contributed by atoms with Crippen LogP contribution < -0.4 is 0 Å². The third-order valence-electron chi connectivity index (χ3n) is 10.5. The van der Waals surface area contributed by atoms with Crippen LogP contribution in [0.4, 0.5) is 0 Å². The lowest BCUT2D eigenvalue weighted by Gasteiger charge is -2.88. The first-order valence-electron chi connectivity index (χ1n) is 12.1. The number of rotatable bonds is 5. The standard InChI is InChI=1S/C27H36I2O5/c1-15-16-10-13-24(28-6)23-12-9-11-21(2,3)26(23,29-7)20(32-8)27(33-14-23,34-22(4,5)31)25(24)18(16)17(15)19(25)30/h9,12,16-18,20,31H,1,6-7,10-11,13-14H2,2-5,8H3/t16-,17?,18-,20-,23+,24+,25+,26-,27-/m0/s1. The molecule has 1 N–H and O–H groups in total. The second-order valence-corrected chi connectivity index (χ2v) is 17.3. The molecule has 188 valence electrons. The van der Waals surface area contributed by atoms with Crippen LogP contribution in [0.15, 0.2) is 24.3 Å². The fourth-order valence-corrected chi connectivity index (χ4v) is 17.8.